The molecule has 1 aliphatic rings. The summed E-state index contributed by atoms with van der Waals surface area (Å²) < 4.78 is 15.6. The highest BCUT2D eigenvalue weighted by molar-refractivity contribution is 5.82. The van der Waals surface area contributed by atoms with E-state index in [1.54, 1.807) is 12.3 Å². The monoisotopic (exact) mass is 336 g/mol. The largest absolute Gasteiger partial charge is 0.335 e. The van der Waals surface area contributed by atoms with Crippen LogP contribution in [0.2, 0.25) is 0 Å². The lowest BCUT2D eigenvalue weighted by molar-refractivity contribution is 0.479. The molecule has 0 atom stereocenters. The lowest BCUT2D eigenvalue weighted by atomic mass is 10.1. The van der Waals surface area contributed by atoms with E-state index in [1.165, 1.54) is 25.0 Å². The van der Waals surface area contributed by atoms with E-state index in [4.69, 9.17) is 4.98 Å². The number of nitrogens with one attached hydrogen (secondary N) is 2. The summed E-state index contributed by atoms with van der Waals surface area (Å²) in [7, 11) is 0. The minimum absolute atomic E-state index is 0.278. The summed E-state index contributed by atoms with van der Waals surface area (Å²) in [5.74, 6) is 0.437. The van der Waals surface area contributed by atoms with Gasteiger partial charge in [0.1, 0.15) is 17.2 Å². The Hall–Kier alpha value is -2.96. The summed E-state index contributed by atoms with van der Waals surface area (Å²) in [4.78, 5) is 8.08. The number of nitrogens with zero attached hydrogens (tertiary/aromatic N) is 4. The molecular weight excluding hydrogens is 319 g/mol. The highest BCUT2D eigenvalue weighted by Crippen LogP contribution is 2.33. The van der Waals surface area contributed by atoms with Gasteiger partial charge in [-0.2, -0.15) is 10.2 Å². The van der Waals surface area contributed by atoms with Crippen LogP contribution in [0.3, 0.4) is 0 Å². The number of imidazole rings is 1. The number of benzene rings is 1. The molecule has 4 aromatic rings. The van der Waals surface area contributed by atoms with Crippen molar-refractivity contribution in [3.63, 3.8) is 0 Å². The van der Waals surface area contributed by atoms with Gasteiger partial charge < -0.3 is 4.98 Å². The maximum Gasteiger partial charge on any atom is 0.177 e. The summed E-state index contributed by atoms with van der Waals surface area (Å²) in [6.45, 7) is 0. The van der Waals surface area contributed by atoms with E-state index >= 15 is 0 Å². The van der Waals surface area contributed by atoms with Gasteiger partial charge in [0.25, 0.3) is 0 Å². The second kappa shape index (κ2) is 5.54. The number of aromatic nitrogens is 6. The van der Waals surface area contributed by atoms with Crippen LogP contribution in [0, 0.1) is 5.82 Å². The molecule has 0 spiro atoms. The Morgan fingerprint density at radius 2 is 2.04 bits per heavy atom. The van der Waals surface area contributed by atoms with E-state index in [2.05, 4.69) is 20.3 Å². The highest BCUT2D eigenvalue weighted by Gasteiger charge is 2.22. The van der Waals surface area contributed by atoms with Crippen LogP contribution < -0.4 is 0 Å². The van der Waals surface area contributed by atoms with Crippen LogP contribution in [0.5, 0.6) is 0 Å². The zero-order valence-electron chi connectivity index (χ0n) is 13.5. The van der Waals surface area contributed by atoms with Crippen molar-refractivity contribution in [2.45, 2.75) is 31.7 Å². The van der Waals surface area contributed by atoms with Gasteiger partial charge in [0, 0.05) is 5.56 Å². The maximum atomic E-state index is 13.6. The molecule has 0 unspecified atom stereocenters. The lowest BCUT2D eigenvalue weighted by Crippen LogP contribution is -2.06. The van der Waals surface area contributed by atoms with E-state index in [0.717, 1.165) is 40.8 Å². The molecule has 2 N–H and O–H groups in total. The van der Waals surface area contributed by atoms with Gasteiger partial charge in [-0.3, -0.25) is 5.10 Å². The molecule has 0 bridgehead atoms. The van der Waals surface area contributed by atoms with Gasteiger partial charge in [0.05, 0.1) is 29.7 Å². The average molecular weight is 336 g/mol. The van der Waals surface area contributed by atoms with Crippen molar-refractivity contribution >= 4 is 11.2 Å². The molecule has 0 radical (unpaired) electrons. The summed E-state index contributed by atoms with van der Waals surface area (Å²) in [5, 5.41) is 11.6. The molecule has 7 heteroatoms. The molecule has 25 heavy (non-hydrogen) atoms. The number of hydrogen-bond donors (Lipinski definition) is 2. The summed E-state index contributed by atoms with van der Waals surface area (Å²) in [6, 6.07) is 6.88. The van der Waals surface area contributed by atoms with E-state index < -0.39 is 0 Å². The highest BCUT2D eigenvalue weighted by atomic mass is 19.1. The Morgan fingerprint density at radius 1 is 1.16 bits per heavy atom. The Labute approximate surface area is 143 Å². The van der Waals surface area contributed by atoms with Crippen molar-refractivity contribution in [2.75, 3.05) is 0 Å². The van der Waals surface area contributed by atoms with Crippen LogP contribution in [0.25, 0.3) is 33.8 Å². The second-order valence-electron chi connectivity index (χ2n) is 6.52. The molecule has 1 aromatic carbocycles. The first kappa shape index (κ1) is 14.4. The van der Waals surface area contributed by atoms with Crippen molar-refractivity contribution in [2.24, 2.45) is 0 Å². The average Bonchev–Trinajstić information content (AvgIpc) is 3.36. The standard InChI is InChI=1S/C18H17FN6/c19-12-5-3-4-11(8-12)16-14(9-20-24-16)17-22-15-10-21-25(18(15)23-17)13-6-1-2-7-13/h3-5,8-10,13H,1-2,6-7H2,(H,20,24)(H,22,23). The Balaban J connectivity index is 1.59. The normalized spacial score (nSPS) is 15.4. The van der Waals surface area contributed by atoms with E-state index in [9.17, 15) is 4.39 Å². The molecule has 1 aliphatic carbocycles. The van der Waals surface area contributed by atoms with Crippen LogP contribution in [0.4, 0.5) is 4.39 Å². The minimum Gasteiger partial charge on any atom is -0.335 e. The first-order valence-electron chi connectivity index (χ1n) is 8.52. The summed E-state index contributed by atoms with van der Waals surface area (Å²) >= 11 is 0. The van der Waals surface area contributed by atoms with Gasteiger partial charge in [-0.05, 0) is 25.0 Å². The minimum atomic E-state index is -0.278. The number of H-pyrrole nitrogens is 2. The molecule has 1 fully saturated rings. The van der Waals surface area contributed by atoms with Crippen LogP contribution in [0.15, 0.2) is 36.7 Å². The lowest BCUT2D eigenvalue weighted by Gasteiger charge is -2.08. The van der Waals surface area contributed by atoms with Crippen molar-refractivity contribution < 1.29 is 4.39 Å². The fourth-order valence-electron chi connectivity index (χ4n) is 3.69. The fourth-order valence-corrected chi connectivity index (χ4v) is 3.69. The third-order valence-corrected chi connectivity index (χ3v) is 4.92. The quantitative estimate of drug-likeness (QED) is 0.592. The maximum absolute atomic E-state index is 13.6. The van der Waals surface area contributed by atoms with Crippen LogP contribution >= 0.6 is 0 Å². The molecule has 0 amide bonds. The molecule has 3 heterocycles. The molecule has 3 aromatic heterocycles. The smallest absolute Gasteiger partial charge is 0.177 e. The van der Waals surface area contributed by atoms with Crippen molar-refractivity contribution in [1.29, 1.82) is 0 Å². The number of halogens is 1. The molecule has 5 rings (SSSR count). The van der Waals surface area contributed by atoms with Gasteiger partial charge in [-0.25, -0.2) is 14.1 Å². The predicted octanol–water partition coefficient (Wildman–Crippen LogP) is 4.07. The first-order valence-corrected chi connectivity index (χ1v) is 8.52. The van der Waals surface area contributed by atoms with Crippen LogP contribution in [0.1, 0.15) is 31.7 Å². The zero-order valence-corrected chi connectivity index (χ0v) is 13.5. The van der Waals surface area contributed by atoms with Gasteiger partial charge in [0.15, 0.2) is 5.65 Å². The van der Waals surface area contributed by atoms with Crippen LogP contribution in [-0.2, 0) is 0 Å². The van der Waals surface area contributed by atoms with E-state index in [1.807, 2.05) is 16.9 Å². The second-order valence-corrected chi connectivity index (χ2v) is 6.52. The molecule has 0 aliphatic heterocycles. The Kier molecular flexibility index (Phi) is 3.19. The topological polar surface area (TPSA) is 75.2 Å². The molecule has 1 saturated carbocycles. The van der Waals surface area contributed by atoms with E-state index in [-0.39, 0.29) is 5.82 Å². The third-order valence-electron chi connectivity index (χ3n) is 4.92. The SMILES string of the molecule is Fc1cccc(-c2[nH]ncc2-c2nc3c(cnn3C3CCCC3)[nH]2)c1. The predicted molar refractivity (Wildman–Crippen MR) is 92.4 cm³/mol. The Bertz CT molecular complexity index is 1040. The van der Waals surface area contributed by atoms with Gasteiger partial charge in [-0.1, -0.05) is 25.0 Å². The van der Waals surface area contributed by atoms with Gasteiger partial charge >= 0.3 is 0 Å². The number of fused-ring (bicyclic) bond motifs is 1. The fraction of sp³-hybridized carbons (Fsp3) is 0.278. The van der Waals surface area contributed by atoms with Crippen LogP contribution in [-0.4, -0.2) is 29.9 Å². The van der Waals surface area contributed by atoms with Gasteiger partial charge in [-0.15, -0.1) is 0 Å². The summed E-state index contributed by atoms with van der Waals surface area (Å²) in [5.41, 5.74) is 4.09. The van der Waals surface area contributed by atoms with Gasteiger partial charge in [0.2, 0.25) is 0 Å². The number of hydrogen-bond acceptors (Lipinski definition) is 3. The van der Waals surface area contributed by atoms with Crippen molar-refractivity contribution in [3.05, 3.63) is 42.5 Å². The van der Waals surface area contributed by atoms with Crippen molar-refractivity contribution in [1.82, 2.24) is 29.9 Å². The van der Waals surface area contributed by atoms with Crippen molar-refractivity contribution in [3.8, 4) is 22.6 Å². The number of rotatable bonds is 3. The molecule has 0 saturated heterocycles. The van der Waals surface area contributed by atoms with E-state index in [0.29, 0.717) is 11.9 Å². The third kappa shape index (κ3) is 2.34. The molecule has 6 nitrogen and oxygen atoms in total. The first-order chi connectivity index (χ1) is 12.3. The zero-order chi connectivity index (χ0) is 16.8. The number of aromatic amines is 2. The molecule has 126 valence electrons. The summed E-state index contributed by atoms with van der Waals surface area (Å²) in [6.07, 6.45) is 8.33. The molecular formula is C18H17FN6. The Morgan fingerprint density at radius 3 is 2.88 bits per heavy atom.